The highest BCUT2D eigenvalue weighted by Gasteiger charge is 2.16. The van der Waals surface area contributed by atoms with Gasteiger partial charge in [0.1, 0.15) is 17.2 Å². The van der Waals surface area contributed by atoms with Crippen LogP contribution in [0.25, 0.3) is 33.4 Å². The molecular formula is C25H27N7O2. The Hall–Kier alpha value is -4.27. The second kappa shape index (κ2) is 9.30. The molecule has 0 radical (unpaired) electrons. The van der Waals surface area contributed by atoms with Gasteiger partial charge in [0.2, 0.25) is 0 Å². The average molecular weight is 458 g/mol. The second-order valence-corrected chi connectivity index (χ2v) is 8.70. The van der Waals surface area contributed by atoms with Gasteiger partial charge in [-0.1, -0.05) is 13.8 Å². The largest absolute Gasteiger partial charge is 0.383 e. The number of hydrogen-bond acceptors (Lipinski definition) is 6. The standard InChI is InChI=1S/C25H27N7O2/c1-14(2)11-30-24(33)21-10-18-17(7-8-27-23(18)31-21)16-9-19(22(26)29-13-16)20-6-5-15(12-28-20)25(34)32(3)4/h5-10,12-14H,11H2,1-4H3,(H2,26,29)(H,27,31)(H,30,33). The summed E-state index contributed by atoms with van der Waals surface area (Å²) in [5.74, 6) is 0.380. The van der Waals surface area contributed by atoms with Crippen LogP contribution in [0.2, 0.25) is 0 Å². The number of amides is 2. The van der Waals surface area contributed by atoms with Crippen LogP contribution in [0, 0.1) is 5.92 Å². The van der Waals surface area contributed by atoms with E-state index in [9.17, 15) is 9.59 Å². The lowest BCUT2D eigenvalue weighted by Gasteiger charge is -2.11. The van der Waals surface area contributed by atoms with Gasteiger partial charge in [-0.2, -0.15) is 0 Å². The fourth-order valence-corrected chi connectivity index (χ4v) is 3.56. The first-order valence-electron chi connectivity index (χ1n) is 10.9. The number of fused-ring (bicyclic) bond motifs is 1. The minimum absolute atomic E-state index is 0.126. The third kappa shape index (κ3) is 4.59. The predicted octanol–water partition coefficient (Wildman–Crippen LogP) is 3.36. The predicted molar refractivity (Wildman–Crippen MR) is 132 cm³/mol. The zero-order chi connectivity index (χ0) is 24.4. The third-order valence-corrected chi connectivity index (χ3v) is 5.37. The minimum Gasteiger partial charge on any atom is -0.383 e. The van der Waals surface area contributed by atoms with Gasteiger partial charge in [0.05, 0.1) is 11.3 Å². The van der Waals surface area contributed by atoms with Crippen molar-refractivity contribution >= 4 is 28.7 Å². The van der Waals surface area contributed by atoms with E-state index in [4.69, 9.17) is 5.73 Å². The Kier molecular flexibility index (Phi) is 6.27. The fraction of sp³-hybridized carbons (Fsp3) is 0.240. The molecule has 0 aliphatic heterocycles. The maximum atomic E-state index is 12.5. The Morgan fingerprint density at radius 3 is 2.53 bits per heavy atom. The smallest absolute Gasteiger partial charge is 0.267 e. The number of nitrogen functional groups attached to an aromatic ring is 1. The Morgan fingerprint density at radius 1 is 1.06 bits per heavy atom. The molecule has 0 aromatic carbocycles. The van der Waals surface area contributed by atoms with Crippen molar-refractivity contribution in [3.8, 4) is 22.4 Å². The number of hydrogen-bond donors (Lipinski definition) is 3. The fourth-order valence-electron chi connectivity index (χ4n) is 3.56. The summed E-state index contributed by atoms with van der Waals surface area (Å²) < 4.78 is 0. The summed E-state index contributed by atoms with van der Waals surface area (Å²) in [4.78, 5) is 42.5. The number of anilines is 1. The zero-order valence-electron chi connectivity index (χ0n) is 19.6. The number of H-pyrrole nitrogens is 1. The molecule has 9 heteroatoms. The van der Waals surface area contributed by atoms with Gasteiger partial charge >= 0.3 is 0 Å². The number of aromatic amines is 1. The van der Waals surface area contributed by atoms with Crippen LogP contribution in [0.5, 0.6) is 0 Å². The molecule has 0 spiro atoms. The topological polar surface area (TPSA) is 130 Å². The first-order valence-corrected chi connectivity index (χ1v) is 10.9. The van der Waals surface area contributed by atoms with Gasteiger partial charge in [-0.3, -0.25) is 14.6 Å². The Bertz CT molecular complexity index is 1360. The second-order valence-electron chi connectivity index (χ2n) is 8.70. The van der Waals surface area contributed by atoms with E-state index in [2.05, 4.69) is 25.3 Å². The summed E-state index contributed by atoms with van der Waals surface area (Å²) in [5.41, 5.74) is 10.6. The van der Waals surface area contributed by atoms with E-state index in [0.717, 1.165) is 16.5 Å². The molecule has 0 saturated heterocycles. The van der Waals surface area contributed by atoms with Crippen LogP contribution in [0.15, 0.2) is 48.9 Å². The molecule has 0 atom stereocenters. The molecule has 0 aliphatic carbocycles. The van der Waals surface area contributed by atoms with E-state index in [1.807, 2.05) is 26.0 Å². The maximum absolute atomic E-state index is 12.5. The van der Waals surface area contributed by atoms with Gasteiger partial charge in [-0.05, 0) is 41.8 Å². The molecule has 4 aromatic heterocycles. The molecule has 4 N–H and O–H groups in total. The lowest BCUT2D eigenvalue weighted by atomic mass is 10.0. The maximum Gasteiger partial charge on any atom is 0.267 e. The summed E-state index contributed by atoms with van der Waals surface area (Å²) in [6.45, 7) is 4.67. The van der Waals surface area contributed by atoms with Gasteiger partial charge in [-0.25, -0.2) is 9.97 Å². The monoisotopic (exact) mass is 457 g/mol. The molecule has 2 amide bonds. The summed E-state index contributed by atoms with van der Waals surface area (Å²) in [5, 5.41) is 3.71. The van der Waals surface area contributed by atoms with Crippen LogP contribution >= 0.6 is 0 Å². The molecule has 4 heterocycles. The first kappa shape index (κ1) is 22.9. The number of nitrogens with one attached hydrogen (secondary N) is 2. The highest BCUT2D eigenvalue weighted by Crippen LogP contribution is 2.32. The van der Waals surface area contributed by atoms with Crippen molar-refractivity contribution in [1.29, 1.82) is 0 Å². The SMILES string of the molecule is CC(C)CNC(=O)c1cc2c(-c3cnc(N)c(-c4ccc(C(=O)N(C)C)cn4)c3)ccnc2[nH]1. The quantitative estimate of drug-likeness (QED) is 0.407. The summed E-state index contributed by atoms with van der Waals surface area (Å²) in [7, 11) is 3.38. The number of carbonyl (C=O) groups is 2. The Balaban J connectivity index is 1.70. The molecular weight excluding hydrogens is 430 g/mol. The van der Waals surface area contributed by atoms with Gasteiger partial charge in [0, 0.05) is 55.7 Å². The van der Waals surface area contributed by atoms with E-state index in [1.165, 1.54) is 11.1 Å². The van der Waals surface area contributed by atoms with Crippen LogP contribution in [0.3, 0.4) is 0 Å². The molecule has 34 heavy (non-hydrogen) atoms. The van der Waals surface area contributed by atoms with Gasteiger partial charge in [0.25, 0.3) is 11.8 Å². The summed E-state index contributed by atoms with van der Waals surface area (Å²) in [6.07, 6.45) is 4.89. The van der Waals surface area contributed by atoms with Gasteiger partial charge < -0.3 is 20.9 Å². The van der Waals surface area contributed by atoms with Crippen LogP contribution in [-0.4, -0.2) is 57.3 Å². The third-order valence-electron chi connectivity index (χ3n) is 5.37. The van der Waals surface area contributed by atoms with E-state index in [0.29, 0.717) is 46.4 Å². The van der Waals surface area contributed by atoms with Crippen molar-refractivity contribution in [2.45, 2.75) is 13.8 Å². The minimum atomic E-state index is -0.176. The highest BCUT2D eigenvalue weighted by molar-refractivity contribution is 6.02. The lowest BCUT2D eigenvalue weighted by Crippen LogP contribution is -2.27. The molecule has 0 saturated carbocycles. The van der Waals surface area contributed by atoms with E-state index < -0.39 is 0 Å². The van der Waals surface area contributed by atoms with Crippen molar-refractivity contribution in [3.05, 3.63) is 60.2 Å². The highest BCUT2D eigenvalue weighted by atomic mass is 16.2. The molecule has 9 nitrogen and oxygen atoms in total. The number of aromatic nitrogens is 4. The molecule has 0 unspecified atom stereocenters. The normalized spacial score (nSPS) is 11.1. The first-order chi connectivity index (χ1) is 16.2. The van der Waals surface area contributed by atoms with Crippen molar-refractivity contribution in [3.63, 3.8) is 0 Å². The van der Waals surface area contributed by atoms with Crippen LogP contribution in [0.1, 0.15) is 34.7 Å². The molecule has 4 rings (SSSR count). The zero-order valence-corrected chi connectivity index (χ0v) is 19.6. The van der Waals surface area contributed by atoms with Crippen LogP contribution in [-0.2, 0) is 0 Å². The Labute approximate surface area is 197 Å². The lowest BCUT2D eigenvalue weighted by molar-refractivity contribution is 0.0826. The molecule has 0 aliphatic rings. The number of nitrogens with two attached hydrogens (primary N) is 1. The molecule has 0 bridgehead atoms. The van der Waals surface area contributed by atoms with Crippen molar-refractivity contribution in [2.24, 2.45) is 5.92 Å². The number of pyridine rings is 3. The molecule has 0 fully saturated rings. The number of rotatable bonds is 6. The van der Waals surface area contributed by atoms with Crippen molar-refractivity contribution < 1.29 is 9.59 Å². The van der Waals surface area contributed by atoms with E-state index >= 15 is 0 Å². The van der Waals surface area contributed by atoms with Crippen LogP contribution < -0.4 is 11.1 Å². The van der Waals surface area contributed by atoms with E-state index in [1.54, 1.807) is 44.7 Å². The van der Waals surface area contributed by atoms with Gasteiger partial charge in [0.15, 0.2) is 0 Å². The van der Waals surface area contributed by atoms with Crippen molar-refractivity contribution in [2.75, 3.05) is 26.4 Å². The average Bonchev–Trinajstić information content (AvgIpc) is 3.27. The number of carbonyl (C=O) groups excluding carboxylic acids is 2. The van der Waals surface area contributed by atoms with Crippen LogP contribution in [0.4, 0.5) is 5.82 Å². The van der Waals surface area contributed by atoms with E-state index in [-0.39, 0.29) is 11.8 Å². The summed E-state index contributed by atoms with van der Waals surface area (Å²) in [6, 6.07) is 9.04. The Morgan fingerprint density at radius 2 is 1.85 bits per heavy atom. The molecule has 4 aromatic rings. The summed E-state index contributed by atoms with van der Waals surface area (Å²) >= 11 is 0. The molecule has 174 valence electrons. The van der Waals surface area contributed by atoms with Gasteiger partial charge in [-0.15, -0.1) is 0 Å². The van der Waals surface area contributed by atoms with Crippen molar-refractivity contribution in [1.82, 2.24) is 30.2 Å². The number of nitrogens with zero attached hydrogens (tertiary/aromatic N) is 4.